The molecule has 0 N–H and O–H groups in total. The first-order chi connectivity index (χ1) is 2.77. The van der Waals surface area contributed by atoms with Crippen LogP contribution >= 0.6 is 0 Å². The van der Waals surface area contributed by atoms with Crippen LogP contribution in [-0.2, 0) is 0 Å². The molecule has 0 aromatic heterocycles. The van der Waals surface area contributed by atoms with Gasteiger partial charge < -0.3 is 0 Å². The minimum atomic E-state index is 1.65. The van der Waals surface area contributed by atoms with Gasteiger partial charge in [0.05, 0.1) is 6.54 Å². The van der Waals surface area contributed by atoms with Crippen LogP contribution in [0, 0.1) is 18.9 Å². The summed E-state index contributed by atoms with van der Waals surface area (Å²) in [6.07, 6.45) is 4.88. The summed E-state index contributed by atoms with van der Waals surface area (Å²) in [5, 5.41) is 0. The van der Waals surface area contributed by atoms with E-state index in [2.05, 4.69) is 5.92 Å². The van der Waals surface area contributed by atoms with E-state index in [0.717, 1.165) is 0 Å². The van der Waals surface area contributed by atoms with Crippen molar-refractivity contribution in [2.45, 2.75) is 0 Å². The summed E-state index contributed by atoms with van der Waals surface area (Å²) in [5.41, 5.74) is 0. The first kappa shape index (κ1) is 5.52. The number of hydrogen-bond donors (Lipinski definition) is 0. The van der Waals surface area contributed by atoms with Gasteiger partial charge in [-0.3, -0.25) is 4.90 Å². The molecule has 33 valence electrons. The highest BCUT2D eigenvalue weighted by molar-refractivity contribution is 4.98. The lowest BCUT2D eigenvalue weighted by Crippen LogP contribution is -2.04. The first-order valence-electron chi connectivity index (χ1n) is 1.73. The standard InChI is InChI=1S/C5H8N/c1-4-5-6(2)3/h1,5H,2-3H3. The van der Waals surface area contributed by atoms with E-state index in [-0.39, 0.29) is 0 Å². The Kier molecular flexibility index (Phi) is 2.52. The molecule has 1 radical (unpaired) electrons. The molecule has 0 rings (SSSR count). The number of terminal acetylenes is 1. The van der Waals surface area contributed by atoms with Crippen LogP contribution in [0.2, 0.25) is 0 Å². The van der Waals surface area contributed by atoms with Crippen LogP contribution in [0.25, 0.3) is 0 Å². The van der Waals surface area contributed by atoms with E-state index in [1.54, 1.807) is 6.54 Å². The van der Waals surface area contributed by atoms with Gasteiger partial charge in [-0.25, -0.2) is 0 Å². The molecule has 0 spiro atoms. The highest BCUT2D eigenvalue weighted by Crippen LogP contribution is 1.73. The van der Waals surface area contributed by atoms with E-state index in [4.69, 9.17) is 6.42 Å². The van der Waals surface area contributed by atoms with Crippen molar-refractivity contribution in [3.63, 3.8) is 0 Å². The van der Waals surface area contributed by atoms with E-state index >= 15 is 0 Å². The average Bonchev–Trinajstić information content (AvgIpc) is 1.35. The molecular weight excluding hydrogens is 74.1 g/mol. The molecule has 0 amide bonds. The maximum absolute atomic E-state index is 4.88. The quantitative estimate of drug-likeness (QED) is 0.412. The van der Waals surface area contributed by atoms with Crippen LogP contribution in [0.3, 0.4) is 0 Å². The smallest absolute Gasteiger partial charge is 0.0978 e. The summed E-state index contributed by atoms with van der Waals surface area (Å²) < 4.78 is 0. The van der Waals surface area contributed by atoms with E-state index in [9.17, 15) is 0 Å². The molecule has 0 aromatic rings. The third kappa shape index (κ3) is 3.52. The predicted molar refractivity (Wildman–Crippen MR) is 26.8 cm³/mol. The third-order valence-corrected chi connectivity index (χ3v) is 0.333. The molecule has 1 heteroatoms. The molecule has 0 aromatic carbocycles. The highest BCUT2D eigenvalue weighted by Gasteiger charge is 1.77. The molecule has 0 bridgehead atoms. The fourth-order valence-electron chi connectivity index (χ4n) is 0.149. The Bertz CT molecular complexity index is 58.8. The van der Waals surface area contributed by atoms with Crippen LogP contribution < -0.4 is 0 Å². The summed E-state index contributed by atoms with van der Waals surface area (Å²) in [6.45, 7) is 1.65. The zero-order valence-corrected chi connectivity index (χ0v) is 4.10. The zero-order chi connectivity index (χ0) is 4.99. The summed E-state index contributed by atoms with van der Waals surface area (Å²) >= 11 is 0. The Hall–Kier alpha value is -0.480. The third-order valence-electron chi connectivity index (χ3n) is 0.333. The highest BCUT2D eigenvalue weighted by atomic mass is 15.0. The van der Waals surface area contributed by atoms with Gasteiger partial charge >= 0.3 is 0 Å². The van der Waals surface area contributed by atoms with Gasteiger partial charge in [-0.1, -0.05) is 5.92 Å². The van der Waals surface area contributed by atoms with Crippen molar-refractivity contribution in [2.24, 2.45) is 0 Å². The van der Waals surface area contributed by atoms with Gasteiger partial charge in [0.2, 0.25) is 0 Å². The van der Waals surface area contributed by atoms with Crippen molar-refractivity contribution in [1.82, 2.24) is 4.90 Å². The molecule has 0 fully saturated rings. The number of hydrogen-bond acceptors (Lipinski definition) is 1. The summed E-state index contributed by atoms with van der Waals surface area (Å²) in [6, 6.07) is 0. The maximum Gasteiger partial charge on any atom is 0.0978 e. The van der Waals surface area contributed by atoms with E-state index < -0.39 is 0 Å². The van der Waals surface area contributed by atoms with Crippen LogP contribution in [0.4, 0.5) is 0 Å². The lowest BCUT2D eigenvalue weighted by atomic mass is 10.6. The maximum atomic E-state index is 4.88. The molecule has 0 aliphatic carbocycles. The lowest BCUT2D eigenvalue weighted by molar-refractivity contribution is 0.527. The molecule has 0 aliphatic heterocycles. The van der Waals surface area contributed by atoms with Crippen molar-refractivity contribution in [3.05, 3.63) is 6.54 Å². The second-order valence-corrected chi connectivity index (χ2v) is 1.26. The summed E-state index contributed by atoms with van der Waals surface area (Å²) in [5.74, 6) is 2.37. The van der Waals surface area contributed by atoms with Gasteiger partial charge in [0.25, 0.3) is 0 Å². The van der Waals surface area contributed by atoms with E-state index in [0.29, 0.717) is 0 Å². The molecule has 0 saturated carbocycles. The summed E-state index contributed by atoms with van der Waals surface area (Å²) in [7, 11) is 3.78. The monoisotopic (exact) mass is 82.1 g/mol. The second kappa shape index (κ2) is 2.74. The van der Waals surface area contributed by atoms with Crippen molar-refractivity contribution >= 4 is 0 Å². The van der Waals surface area contributed by atoms with Crippen molar-refractivity contribution < 1.29 is 0 Å². The molecule has 0 atom stereocenters. The van der Waals surface area contributed by atoms with Crippen LogP contribution in [0.5, 0.6) is 0 Å². The van der Waals surface area contributed by atoms with Gasteiger partial charge in [0.15, 0.2) is 0 Å². The average molecular weight is 82.1 g/mol. The topological polar surface area (TPSA) is 3.24 Å². The lowest BCUT2D eigenvalue weighted by Gasteiger charge is -1.98. The van der Waals surface area contributed by atoms with Crippen LogP contribution in [-0.4, -0.2) is 19.0 Å². The largest absolute Gasteiger partial charge is 0.294 e. The fourth-order valence-corrected chi connectivity index (χ4v) is 0.149. The first-order valence-corrected chi connectivity index (χ1v) is 1.73. The second-order valence-electron chi connectivity index (χ2n) is 1.26. The minimum absolute atomic E-state index is 1.65. The molecule has 0 saturated heterocycles. The Morgan fingerprint density at radius 1 is 1.67 bits per heavy atom. The van der Waals surface area contributed by atoms with Crippen LogP contribution in [0.15, 0.2) is 0 Å². The Balaban J connectivity index is 2.88. The molecule has 0 aliphatic rings. The van der Waals surface area contributed by atoms with Gasteiger partial charge in [-0.2, -0.15) is 0 Å². The number of nitrogens with zero attached hydrogens (tertiary/aromatic N) is 1. The van der Waals surface area contributed by atoms with Crippen molar-refractivity contribution in [3.8, 4) is 12.3 Å². The van der Waals surface area contributed by atoms with E-state index in [1.807, 2.05) is 19.0 Å². The molecule has 6 heavy (non-hydrogen) atoms. The summed E-state index contributed by atoms with van der Waals surface area (Å²) in [4.78, 5) is 1.82. The van der Waals surface area contributed by atoms with Gasteiger partial charge in [0, 0.05) is 0 Å². The molecule has 0 heterocycles. The van der Waals surface area contributed by atoms with Crippen LogP contribution in [0.1, 0.15) is 0 Å². The molecule has 1 nitrogen and oxygen atoms in total. The number of rotatable bonds is 1. The molecular formula is C5H8N. The van der Waals surface area contributed by atoms with E-state index in [1.165, 1.54) is 0 Å². The van der Waals surface area contributed by atoms with Gasteiger partial charge in [-0.15, -0.1) is 6.42 Å². The zero-order valence-electron chi connectivity index (χ0n) is 4.10. The predicted octanol–water partition coefficient (Wildman–Crippen LogP) is 0.343. The molecule has 0 unspecified atom stereocenters. The SMILES string of the molecule is C#C[CH]N(C)C. The Morgan fingerprint density at radius 3 is 2.17 bits per heavy atom. The Morgan fingerprint density at radius 2 is 2.17 bits per heavy atom. The fraction of sp³-hybridized carbons (Fsp3) is 0.400. The normalized spacial score (nSPS) is 8.33. The van der Waals surface area contributed by atoms with Gasteiger partial charge in [0.1, 0.15) is 0 Å². The van der Waals surface area contributed by atoms with Crippen molar-refractivity contribution in [1.29, 1.82) is 0 Å². The minimum Gasteiger partial charge on any atom is -0.294 e. The van der Waals surface area contributed by atoms with Crippen molar-refractivity contribution in [2.75, 3.05) is 14.1 Å². The Labute approximate surface area is 39.0 Å². The van der Waals surface area contributed by atoms with Gasteiger partial charge in [-0.05, 0) is 14.1 Å².